The Morgan fingerprint density at radius 3 is 2.91 bits per heavy atom. The maximum absolute atomic E-state index is 12.8. The molecule has 6 heteroatoms. The summed E-state index contributed by atoms with van der Waals surface area (Å²) in [5.41, 5.74) is 0.505. The summed E-state index contributed by atoms with van der Waals surface area (Å²) in [5.74, 6) is 1.60. The molecule has 1 saturated carbocycles. The molecule has 2 aliphatic rings. The van der Waals surface area contributed by atoms with Crippen LogP contribution in [0.1, 0.15) is 61.8 Å². The fraction of sp³-hybridized carbons (Fsp3) is 0.688. The van der Waals surface area contributed by atoms with Gasteiger partial charge in [0.05, 0.1) is 6.20 Å². The van der Waals surface area contributed by atoms with Crippen molar-refractivity contribution >= 4 is 11.8 Å². The van der Waals surface area contributed by atoms with E-state index in [1.807, 2.05) is 0 Å². The van der Waals surface area contributed by atoms with E-state index in [0.717, 1.165) is 25.1 Å². The largest absolute Gasteiger partial charge is 0.354 e. The van der Waals surface area contributed by atoms with Crippen LogP contribution in [0.3, 0.4) is 0 Å². The number of carbonyl (C=O) groups excluding carboxylic acids is 2. The van der Waals surface area contributed by atoms with E-state index < -0.39 is 0 Å². The minimum atomic E-state index is -0.386. The van der Waals surface area contributed by atoms with Gasteiger partial charge < -0.3 is 15.2 Å². The molecule has 6 nitrogen and oxygen atoms in total. The third kappa shape index (κ3) is 3.15. The van der Waals surface area contributed by atoms with Crippen molar-refractivity contribution in [3.05, 3.63) is 17.7 Å². The summed E-state index contributed by atoms with van der Waals surface area (Å²) in [5, 5.41) is 2.91. The maximum Gasteiger partial charge on any atom is 0.272 e. The Bertz CT molecular complexity index is 562. The van der Waals surface area contributed by atoms with Crippen molar-refractivity contribution in [3.63, 3.8) is 0 Å². The van der Waals surface area contributed by atoms with Crippen LogP contribution in [0.15, 0.2) is 6.20 Å². The topological polar surface area (TPSA) is 78.1 Å². The van der Waals surface area contributed by atoms with Crippen LogP contribution >= 0.6 is 0 Å². The number of H-pyrrole nitrogens is 1. The molecule has 2 N–H and O–H groups in total. The number of amides is 2. The molecule has 2 fully saturated rings. The van der Waals surface area contributed by atoms with Crippen LogP contribution in [0.25, 0.3) is 0 Å². The molecule has 2 heterocycles. The van der Waals surface area contributed by atoms with Gasteiger partial charge in [-0.15, -0.1) is 0 Å². The second kappa shape index (κ2) is 6.10. The summed E-state index contributed by atoms with van der Waals surface area (Å²) < 4.78 is 0. The molecule has 120 valence electrons. The van der Waals surface area contributed by atoms with Gasteiger partial charge in [0.2, 0.25) is 5.91 Å². The van der Waals surface area contributed by atoms with E-state index in [9.17, 15) is 9.59 Å². The van der Waals surface area contributed by atoms with Gasteiger partial charge >= 0.3 is 0 Å². The summed E-state index contributed by atoms with van der Waals surface area (Å²) in [4.78, 5) is 34.3. The molecule has 1 aliphatic carbocycles. The van der Waals surface area contributed by atoms with Crippen LogP contribution < -0.4 is 5.32 Å². The molecule has 1 aromatic rings. The van der Waals surface area contributed by atoms with Crippen molar-refractivity contribution in [2.45, 2.75) is 51.5 Å². The van der Waals surface area contributed by atoms with E-state index in [-0.39, 0.29) is 17.9 Å². The first kappa shape index (κ1) is 15.1. The number of nitrogens with zero attached hydrogens (tertiary/aromatic N) is 2. The van der Waals surface area contributed by atoms with Gasteiger partial charge in [-0.3, -0.25) is 9.59 Å². The summed E-state index contributed by atoms with van der Waals surface area (Å²) in [7, 11) is 0. The average Bonchev–Trinajstić information content (AvgIpc) is 3.24. The second-order valence-corrected chi connectivity index (χ2v) is 6.74. The van der Waals surface area contributed by atoms with Crippen LogP contribution in [0.5, 0.6) is 0 Å². The minimum Gasteiger partial charge on any atom is -0.354 e. The Morgan fingerprint density at radius 1 is 1.45 bits per heavy atom. The van der Waals surface area contributed by atoms with Gasteiger partial charge in [0.15, 0.2) is 0 Å². The normalized spacial score (nSPS) is 22.6. The van der Waals surface area contributed by atoms with E-state index in [1.165, 1.54) is 0 Å². The van der Waals surface area contributed by atoms with Crippen LogP contribution in [-0.4, -0.2) is 45.8 Å². The number of aromatic nitrogens is 2. The lowest BCUT2D eigenvalue weighted by Crippen LogP contribution is -2.48. The lowest BCUT2D eigenvalue weighted by atomic mass is 10.0. The first-order valence-electron chi connectivity index (χ1n) is 8.20. The van der Waals surface area contributed by atoms with Crippen molar-refractivity contribution < 1.29 is 9.59 Å². The molecular formula is C16H24N4O2. The SMILES string of the molecule is CC(C)CC1C(=O)NCCCN1C(=O)c1cnc(C2CC2)[nH]1. The number of hydrogen-bond acceptors (Lipinski definition) is 3. The molecule has 1 aromatic heterocycles. The third-order valence-electron chi connectivity index (χ3n) is 4.30. The predicted molar refractivity (Wildman–Crippen MR) is 82.5 cm³/mol. The predicted octanol–water partition coefficient (Wildman–Crippen LogP) is 1.66. The molecule has 1 saturated heterocycles. The molecule has 1 atom stereocenters. The smallest absolute Gasteiger partial charge is 0.272 e. The van der Waals surface area contributed by atoms with Crippen molar-refractivity contribution in [2.75, 3.05) is 13.1 Å². The van der Waals surface area contributed by atoms with Gasteiger partial charge in [0, 0.05) is 19.0 Å². The molecule has 0 radical (unpaired) electrons. The van der Waals surface area contributed by atoms with E-state index in [0.29, 0.717) is 37.0 Å². The number of carbonyl (C=O) groups is 2. The monoisotopic (exact) mass is 304 g/mol. The van der Waals surface area contributed by atoms with Crippen LogP contribution in [0.4, 0.5) is 0 Å². The molecule has 0 spiro atoms. The Hall–Kier alpha value is -1.85. The van der Waals surface area contributed by atoms with Crippen molar-refractivity contribution in [1.29, 1.82) is 0 Å². The molecule has 1 aliphatic heterocycles. The first-order valence-corrected chi connectivity index (χ1v) is 8.20. The van der Waals surface area contributed by atoms with Crippen molar-refractivity contribution in [3.8, 4) is 0 Å². The maximum atomic E-state index is 12.8. The van der Waals surface area contributed by atoms with Gasteiger partial charge in [-0.1, -0.05) is 13.8 Å². The Kier molecular flexibility index (Phi) is 4.18. The Balaban J connectivity index is 1.80. The molecule has 0 bridgehead atoms. The lowest BCUT2D eigenvalue weighted by molar-refractivity contribution is -0.125. The lowest BCUT2D eigenvalue weighted by Gasteiger charge is -2.29. The van der Waals surface area contributed by atoms with Gasteiger partial charge in [-0.05, 0) is 31.6 Å². The van der Waals surface area contributed by atoms with Crippen LogP contribution in [0.2, 0.25) is 0 Å². The fourth-order valence-electron chi connectivity index (χ4n) is 2.96. The molecule has 0 aromatic carbocycles. The summed E-state index contributed by atoms with van der Waals surface area (Å²) in [6, 6.07) is -0.386. The van der Waals surface area contributed by atoms with E-state index in [2.05, 4.69) is 29.1 Å². The van der Waals surface area contributed by atoms with E-state index >= 15 is 0 Å². The zero-order valence-corrected chi connectivity index (χ0v) is 13.3. The highest BCUT2D eigenvalue weighted by Crippen LogP contribution is 2.38. The van der Waals surface area contributed by atoms with Crippen LogP contribution in [0, 0.1) is 5.92 Å². The highest BCUT2D eigenvalue weighted by atomic mass is 16.2. The zero-order chi connectivity index (χ0) is 15.7. The zero-order valence-electron chi connectivity index (χ0n) is 13.3. The standard InChI is InChI=1S/C16H24N4O2/c1-10(2)8-13-15(21)17-6-3-7-20(13)16(22)12-9-18-14(19-12)11-4-5-11/h9-11,13H,3-8H2,1-2H3,(H,17,21)(H,18,19). The fourth-order valence-corrected chi connectivity index (χ4v) is 2.96. The third-order valence-corrected chi connectivity index (χ3v) is 4.30. The number of hydrogen-bond donors (Lipinski definition) is 2. The molecule has 2 amide bonds. The van der Waals surface area contributed by atoms with Gasteiger partial charge in [0.25, 0.3) is 5.91 Å². The van der Waals surface area contributed by atoms with E-state index in [1.54, 1.807) is 11.1 Å². The summed E-state index contributed by atoms with van der Waals surface area (Å²) in [6.07, 6.45) is 5.37. The summed E-state index contributed by atoms with van der Waals surface area (Å²) in [6.45, 7) is 5.38. The first-order chi connectivity index (χ1) is 10.6. The molecule has 3 rings (SSSR count). The van der Waals surface area contributed by atoms with Gasteiger partial charge in [0.1, 0.15) is 17.6 Å². The Morgan fingerprint density at radius 2 is 2.23 bits per heavy atom. The van der Waals surface area contributed by atoms with Crippen molar-refractivity contribution in [1.82, 2.24) is 20.2 Å². The molecule has 1 unspecified atom stereocenters. The number of rotatable bonds is 4. The molecular weight excluding hydrogens is 280 g/mol. The van der Waals surface area contributed by atoms with E-state index in [4.69, 9.17) is 0 Å². The highest BCUT2D eigenvalue weighted by molar-refractivity contribution is 5.96. The highest BCUT2D eigenvalue weighted by Gasteiger charge is 2.34. The van der Waals surface area contributed by atoms with Crippen molar-refractivity contribution in [2.24, 2.45) is 5.92 Å². The van der Waals surface area contributed by atoms with Gasteiger partial charge in [-0.25, -0.2) is 4.98 Å². The molecule has 22 heavy (non-hydrogen) atoms. The minimum absolute atomic E-state index is 0.0403. The quantitative estimate of drug-likeness (QED) is 0.888. The number of aromatic amines is 1. The Labute approximate surface area is 130 Å². The number of nitrogens with one attached hydrogen (secondary N) is 2. The van der Waals surface area contributed by atoms with Gasteiger partial charge in [-0.2, -0.15) is 0 Å². The average molecular weight is 304 g/mol. The second-order valence-electron chi connectivity index (χ2n) is 6.74. The van der Waals surface area contributed by atoms with Crippen LogP contribution in [-0.2, 0) is 4.79 Å². The summed E-state index contributed by atoms with van der Waals surface area (Å²) >= 11 is 0. The number of imidazole rings is 1.